The number of hydrogen-bond donors (Lipinski definition) is 1. The summed E-state index contributed by atoms with van der Waals surface area (Å²) in [4.78, 5) is 36.8. The number of nitrogens with zero attached hydrogens (tertiary/aromatic N) is 3. The average Bonchev–Trinajstić information content (AvgIpc) is 2.67. The molecule has 3 aromatic rings. The molecule has 0 radical (unpaired) electrons. The molecule has 1 N–H and O–H groups in total. The predicted octanol–water partition coefficient (Wildman–Crippen LogP) is 2.44. The van der Waals surface area contributed by atoms with Crippen molar-refractivity contribution < 1.29 is 9.63 Å². The average molecular weight is 380 g/mol. The van der Waals surface area contributed by atoms with Crippen LogP contribution in [0.3, 0.4) is 0 Å². The number of amides is 1. The fourth-order valence-electron chi connectivity index (χ4n) is 3.01. The molecule has 0 bridgehead atoms. The Kier molecular flexibility index (Phi) is 5.87. The van der Waals surface area contributed by atoms with Crippen molar-refractivity contribution in [2.24, 2.45) is 0 Å². The molecule has 0 aliphatic carbocycles. The topological polar surface area (TPSA) is 76.5 Å². The maximum Gasteiger partial charge on any atom is 0.274 e. The van der Waals surface area contributed by atoms with Crippen LogP contribution in [0.15, 0.2) is 47.5 Å². The summed E-state index contributed by atoms with van der Waals surface area (Å²) >= 11 is 0. The highest BCUT2D eigenvalue weighted by Crippen LogP contribution is 2.17. The van der Waals surface area contributed by atoms with E-state index < -0.39 is 0 Å². The number of aryl methyl sites for hydroxylation is 1. The van der Waals surface area contributed by atoms with Gasteiger partial charge in [-0.2, -0.15) is 0 Å². The molecule has 0 fully saturated rings. The number of rotatable bonds is 6. The molecule has 7 nitrogen and oxygen atoms in total. The Bertz CT molecular complexity index is 1070. The molecule has 0 aliphatic rings. The summed E-state index contributed by atoms with van der Waals surface area (Å²) in [5, 5.41) is 0.547. The number of hydrogen-bond acceptors (Lipinski definition) is 5. The zero-order valence-corrected chi connectivity index (χ0v) is 16.5. The van der Waals surface area contributed by atoms with Gasteiger partial charge in [0.25, 0.3) is 11.5 Å². The van der Waals surface area contributed by atoms with Gasteiger partial charge in [0.15, 0.2) is 0 Å². The lowest BCUT2D eigenvalue weighted by Crippen LogP contribution is -2.25. The van der Waals surface area contributed by atoms with Crippen molar-refractivity contribution in [2.75, 3.05) is 20.7 Å². The zero-order chi connectivity index (χ0) is 20.3. The minimum Gasteiger partial charge on any atom is -0.305 e. The Morgan fingerprint density at radius 2 is 2.00 bits per heavy atom. The van der Waals surface area contributed by atoms with Gasteiger partial charge in [0, 0.05) is 12.1 Å². The highest BCUT2D eigenvalue weighted by Gasteiger charge is 2.13. The van der Waals surface area contributed by atoms with Crippen molar-refractivity contribution >= 4 is 16.8 Å². The fraction of sp³-hybridized carbons (Fsp3) is 0.286. The second-order valence-electron chi connectivity index (χ2n) is 6.87. The molecule has 1 amide bonds. The number of aromatic nitrogens is 2. The van der Waals surface area contributed by atoms with Crippen molar-refractivity contribution in [3.8, 4) is 5.69 Å². The first-order chi connectivity index (χ1) is 13.4. The summed E-state index contributed by atoms with van der Waals surface area (Å²) in [5.74, 6) is -0.363. The summed E-state index contributed by atoms with van der Waals surface area (Å²) in [6.07, 6.45) is 1.50. The first-order valence-corrected chi connectivity index (χ1v) is 9.09. The number of hydroxylamine groups is 1. The van der Waals surface area contributed by atoms with Gasteiger partial charge in [-0.3, -0.25) is 19.0 Å². The molecule has 0 unspecified atom stereocenters. The molecule has 2 aromatic carbocycles. The second-order valence-corrected chi connectivity index (χ2v) is 6.87. The molecular weight excluding hydrogens is 356 g/mol. The largest absolute Gasteiger partial charge is 0.305 e. The Hall–Kier alpha value is -3.03. The van der Waals surface area contributed by atoms with E-state index in [-0.39, 0.29) is 11.5 Å². The summed E-state index contributed by atoms with van der Waals surface area (Å²) in [6, 6.07) is 10.9. The van der Waals surface area contributed by atoms with Gasteiger partial charge in [-0.25, -0.2) is 10.5 Å². The standard InChI is InChI=1S/C21H24N4O3/c1-5-28-23-20(26)16-8-6-14(2)19(11-16)25-13-22-18-9-7-15(12-24(3)4)10-17(18)21(25)27/h6-11,13H,5,12H2,1-4H3,(H,23,26). The number of benzene rings is 2. The third kappa shape index (κ3) is 4.11. The van der Waals surface area contributed by atoms with Crippen LogP contribution in [0.2, 0.25) is 0 Å². The first kappa shape index (κ1) is 19.7. The van der Waals surface area contributed by atoms with Gasteiger partial charge in [-0.15, -0.1) is 0 Å². The van der Waals surface area contributed by atoms with Crippen LogP contribution in [0.25, 0.3) is 16.6 Å². The Labute approximate surface area is 163 Å². The van der Waals surface area contributed by atoms with Crippen LogP contribution < -0.4 is 11.0 Å². The van der Waals surface area contributed by atoms with E-state index in [2.05, 4.69) is 10.5 Å². The third-order valence-corrected chi connectivity index (χ3v) is 4.36. The van der Waals surface area contributed by atoms with Crippen LogP contribution in [0.4, 0.5) is 0 Å². The fourth-order valence-corrected chi connectivity index (χ4v) is 3.01. The van der Waals surface area contributed by atoms with E-state index >= 15 is 0 Å². The maximum absolute atomic E-state index is 13.2. The molecule has 3 rings (SSSR count). The molecule has 0 saturated carbocycles. The lowest BCUT2D eigenvalue weighted by atomic mass is 10.1. The van der Waals surface area contributed by atoms with Crippen LogP contribution in [0.1, 0.15) is 28.4 Å². The van der Waals surface area contributed by atoms with Crippen LogP contribution >= 0.6 is 0 Å². The second kappa shape index (κ2) is 8.33. The summed E-state index contributed by atoms with van der Waals surface area (Å²) < 4.78 is 1.48. The molecule has 146 valence electrons. The SMILES string of the molecule is CCONC(=O)c1ccc(C)c(-n2cnc3ccc(CN(C)C)cc3c2=O)c1. The van der Waals surface area contributed by atoms with Gasteiger partial charge < -0.3 is 4.90 Å². The zero-order valence-electron chi connectivity index (χ0n) is 16.5. The van der Waals surface area contributed by atoms with Crippen molar-refractivity contribution in [1.29, 1.82) is 0 Å². The highest BCUT2D eigenvalue weighted by molar-refractivity contribution is 5.94. The van der Waals surface area contributed by atoms with Gasteiger partial charge >= 0.3 is 0 Å². The molecule has 1 aromatic heterocycles. The minimum atomic E-state index is -0.363. The van der Waals surface area contributed by atoms with Crippen LogP contribution in [0, 0.1) is 6.92 Å². The lowest BCUT2D eigenvalue weighted by molar-refractivity contribution is 0.0364. The van der Waals surface area contributed by atoms with E-state index in [0.717, 1.165) is 17.7 Å². The van der Waals surface area contributed by atoms with Gasteiger partial charge in [0.1, 0.15) is 6.33 Å². The van der Waals surface area contributed by atoms with E-state index in [9.17, 15) is 9.59 Å². The monoisotopic (exact) mass is 380 g/mol. The number of nitrogens with one attached hydrogen (secondary N) is 1. The van der Waals surface area contributed by atoms with E-state index in [4.69, 9.17) is 4.84 Å². The first-order valence-electron chi connectivity index (χ1n) is 9.09. The summed E-state index contributed by atoms with van der Waals surface area (Å²) in [6.45, 7) is 4.77. The molecule has 7 heteroatoms. The number of fused-ring (bicyclic) bond motifs is 1. The highest BCUT2D eigenvalue weighted by atomic mass is 16.6. The Morgan fingerprint density at radius 1 is 1.21 bits per heavy atom. The van der Waals surface area contributed by atoms with Gasteiger partial charge in [-0.1, -0.05) is 12.1 Å². The van der Waals surface area contributed by atoms with Gasteiger partial charge in [-0.05, 0) is 63.3 Å². The Morgan fingerprint density at radius 3 is 2.71 bits per heavy atom. The van der Waals surface area contributed by atoms with Crippen molar-refractivity contribution in [3.05, 3.63) is 69.8 Å². The predicted molar refractivity (Wildman–Crippen MR) is 109 cm³/mol. The molecule has 0 spiro atoms. The molecule has 28 heavy (non-hydrogen) atoms. The van der Waals surface area contributed by atoms with E-state index in [1.807, 2.05) is 44.1 Å². The maximum atomic E-state index is 13.2. The summed E-state index contributed by atoms with van der Waals surface area (Å²) in [5.41, 5.74) is 5.76. The smallest absolute Gasteiger partial charge is 0.274 e. The quantitative estimate of drug-likeness (QED) is 0.665. The van der Waals surface area contributed by atoms with Gasteiger partial charge in [0.05, 0.1) is 23.2 Å². The van der Waals surface area contributed by atoms with Crippen LogP contribution in [-0.2, 0) is 11.4 Å². The Balaban J connectivity index is 2.09. The van der Waals surface area contributed by atoms with Crippen molar-refractivity contribution in [3.63, 3.8) is 0 Å². The molecule has 1 heterocycles. The van der Waals surface area contributed by atoms with E-state index in [1.54, 1.807) is 25.1 Å². The molecule has 0 aliphatic heterocycles. The van der Waals surface area contributed by atoms with E-state index in [1.165, 1.54) is 10.9 Å². The number of carbonyl (C=O) groups excluding carboxylic acids is 1. The van der Waals surface area contributed by atoms with E-state index in [0.29, 0.717) is 28.8 Å². The molecule has 0 saturated heterocycles. The third-order valence-electron chi connectivity index (χ3n) is 4.36. The molecule has 0 atom stereocenters. The number of carbonyl (C=O) groups is 1. The van der Waals surface area contributed by atoms with Crippen molar-refractivity contribution in [1.82, 2.24) is 19.9 Å². The minimum absolute atomic E-state index is 0.170. The van der Waals surface area contributed by atoms with Gasteiger partial charge in [0.2, 0.25) is 0 Å². The van der Waals surface area contributed by atoms with Crippen LogP contribution in [-0.4, -0.2) is 41.1 Å². The lowest BCUT2D eigenvalue weighted by Gasteiger charge is -2.13. The normalized spacial score (nSPS) is 11.2. The van der Waals surface area contributed by atoms with Crippen LogP contribution in [0.5, 0.6) is 0 Å². The van der Waals surface area contributed by atoms with Crippen molar-refractivity contribution in [2.45, 2.75) is 20.4 Å². The molecular formula is C21H24N4O3. The summed E-state index contributed by atoms with van der Waals surface area (Å²) in [7, 11) is 3.96.